The summed E-state index contributed by atoms with van der Waals surface area (Å²) in [4.78, 5) is 4.29. The molecule has 88 valence electrons. The second kappa shape index (κ2) is 4.15. The van der Waals surface area contributed by atoms with Crippen molar-refractivity contribution in [3.05, 3.63) is 60.4 Å². The van der Waals surface area contributed by atoms with E-state index in [4.69, 9.17) is 0 Å². The summed E-state index contributed by atoms with van der Waals surface area (Å²) in [5, 5.41) is 11.7. The highest BCUT2D eigenvalue weighted by Gasteiger charge is 2.02. The van der Waals surface area contributed by atoms with E-state index >= 15 is 0 Å². The van der Waals surface area contributed by atoms with E-state index in [9.17, 15) is 5.11 Å². The number of rotatable bonds is 1. The SMILES string of the molecule is Cc1nccc2cc(-c3ccc(O)cc3)ccc12. The van der Waals surface area contributed by atoms with Gasteiger partial charge in [0, 0.05) is 17.3 Å². The lowest BCUT2D eigenvalue weighted by atomic mass is 10.0. The number of phenols is 1. The topological polar surface area (TPSA) is 33.1 Å². The van der Waals surface area contributed by atoms with Gasteiger partial charge in [-0.1, -0.05) is 24.3 Å². The smallest absolute Gasteiger partial charge is 0.115 e. The minimum atomic E-state index is 0.291. The lowest BCUT2D eigenvalue weighted by Crippen LogP contribution is -1.84. The summed E-state index contributed by atoms with van der Waals surface area (Å²) >= 11 is 0. The van der Waals surface area contributed by atoms with E-state index < -0.39 is 0 Å². The van der Waals surface area contributed by atoms with Gasteiger partial charge in [-0.15, -0.1) is 0 Å². The quantitative estimate of drug-likeness (QED) is 0.693. The summed E-state index contributed by atoms with van der Waals surface area (Å²) in [6, 6.07) is 15.6. The second-order valence-corrected chi connectivity index (χ2v) is 4.38. The molecule has 0 saturated carbocycles. The van der Waals surface area contributed by atoms with Crippen LogP contribution in [0, 0.1) is 6.92 Å². The summed E-state index contributed by atoms with van der Waals surface area (Å²) in [5.74, 6) is 0.291. The van der Waals surface area contributed by atoms with Crippen LogP contribution in [0.15, 0.2) is 54.7 Å². The van der Waals surface area contributed by atoms with Crippen LogP contribution < -0.4 is 0 Å². The van der Waals surface area contributed by atoms with Crippen molar-refractivity contribution in [1.29, 1.82) is 0 Å². The molecule has 0 saturated heterocycles. The number of aromatic nitrogens is 1. The molecule has 0 aliphatic carbocycles. The van der Waals surface area contributed by atoms with Gasteiger partial charge in [-0.25, -0.2) is 0 Å². The number of aryl methyl sites for hydroxylation is 1. The molecule has 0 amide bonds. The fourth-order valence-electron chi connectivity index (χ4n) is 2.16. The van der Waals surface area contributed by atoms with Gasteiger partial charge < -0.3 is 5.11 Å². The largest absolute Gasteiger partial charge is 0.508 e. The highest BCUT2D eigenvalue weighted by molar-refractivity contribution is 5.88. The predicted octanol–water partition coefficient (Wildman–Crippen LogP) is 3.92. The van der Waals surface area contributed by atoms with Crippen LogP contribution in [0.25, 0.3) is 21.9 Å². The second-order valence-electron chi connectivity index (χ2n) is 4.38. The average molecular weight is 235 g/mol. The first kappa shape index (κ1) is 10.8. The van der Waals surface area contributed by atoms with Crippen LogP contribution in [0.3, 0.4) is 0 Å². The molecule has 0 fully saturated rings. The number of benzene rings is 2. The van der Waals surface area contributed by atoms with E-state index in [1.807, 2.05) is 31.3 Å². The zero-order valence-electron chi connectivity index (χ0n) is 10.1. The Morgan fingerprint density at radius 3 is 2.39 bits per heavy atom. The van der Waals surface area contributed by atoms with Gasteiger partial charge in [0.1, 0.15) is 5.75 Å². The fraction of sp³-hybridized carbons (Fsp3) is 0.0625. The third-order valence-corrected chi connectivity index (χ3v) is 3.16. The third-order valence-electron chi connectivity index (χ3n) is 3.16. The van der Waals surface area contributed by atoms with Crippen LogP contribution in [-0.4, -0.2) is 10.1 Å². The summed E-state index contributed by atoms with van der Waals surface area (Å²) < 4.78 is 0. The molecule has 0 aliphatic rings. The van der Waals surface area contributed by atoms with E-state index in [0.717, 1.165) is 16.8 Å². The van der Waals surface area contributed by atoms with Crippen molar-refractivity contribution < 1.29 is 5.11 Å². The van der Waals surface area contributed by atoms with Crippen LogP contribution in [0.1, 0.15) is 5.69 Å². The zero-order chi connectivity index (χ0) is 12.5. The molecular formula is C16H13NO. The number of aromatic hydroxyl groups is 1. The standard InChI is InChI=1S/C16H13NO/c1-11-16-7-4-13(10-14(16)8-9-17-11)12-2-5-15(18)6-3-12/h2-10,18H,1H3. The highest BCUT2D eigenvalue weighted by Crippen LogP contribution is 2.26. The molecule has 0 unspecified atom stereocenters. The van der Waals surface area contributed by atoms with Gasteiger partial charge in [0.05, 0.1) is 0 Å². The van der Waals surface area contributed by atoms with Crippen molar-refractivity contribution in [3.8, 4) is 16.9 Å². The van der Waals surface area contributed by atoms with Gasteiger partial charge in [-0.05, 0) is 47.7 Å². The van der Waals surface area contributed by atoms with Crippen LogP contribution in [-0.2, 0) is 0 Å². The lowest BCUT2D eigenvalue weighted by Gasteiger charge is -2.05. The highest BCUT2D eigenvalue weighted by atomic mass is 16.3. The first-order valence-electron chi connectivity index (χ1n) is 5.89. The Kier molecular flexibility index (Phi) is 2.49. The van der Waals surface area contributed by atoms with E-state index in [0.29, 0.717) is 5.75 Å². The van der Waals surface area contributed by atoms with E-state index in [1.165, 1.54) is 10.8 Å². The van der Waals surface area contributed by atoms with Crippen molar-refractivity contribution in [1.82, 2.24) is 4.98 Å². The Bertz CT molecular complexity index is 702. The van der Waals surface area contributed by atoms with Crippen LogP contribution >= 0.6 is 0 Å². The molecule has 2 nitrogen and oxygen atoms in total. The Balaban J connectivity index is 2.16. The van der Waals surface area contributed by atoms with Crippen LogP contribution in [0.5, 0.6) is 5.75 Å². The number of fused-ring (bicyclic) bond motifs is 1. The number of hydrogen-bond acceptors (Lipinski definition) is 2. The van der Waals surface area contributed by atoms with Gasteiger partial charge in [-0.3, -0.25) is 4.98 Å². The molecular weight excluding hydrogens is 222 g/mol. The maximum atomic E-state index is 9.30. The molecule has 0 atom stereocenters. The molecule has 0 bridgehead atoms. The molecule has 1 aromatic heterocycles. The third kappa shape index (κ3) is 1.82. The molecule has 18 heavy (non-hydrogen) atoms. The minimum absolute atomic E-state index is 0.291. The van der Waals surface area contributed by atoms with E-state index in [-0.39, 0.29) is 0 Å². The van der Waals surface area contributed by atoms with E-state index in [1.54, 1.807) is 12.1 Å². The van der Waals surface area contributed by atoms with Crippen LogP contribution in [0.4, 0.5) is 0 Å². The molecule has 1 N–H and O–H groups in total. The van der Waals surface area contributed by atoms with Crippen molar-refractivity contribution in [2.45, 2.75) is 6.92 Å². The maximum Gasteiger partial charge on any atom is 0.115 e. The van der Waals surface area contributed by atoms with E-state index in [2.05, 4.69) is 23.2 Å². The number of nitrogens with zero attached hydrogens (tertiary/aromatic N) is 1. The Morgan fingerprint density at radius 1 is 0.889 bits per heavy atom. The number of phenolic OH excluding ortho intramolecular Hbond substituents is 1. The predicted molar refractivity (Wildman–Crippen MR) is 73.6 cm³/mol. The van der Waals surface area contributed by atoms with Crippen molar-refractivity contribution in [3.63, 3.8) is 0 Å². The van der Waals surface area contributed by atoms with Gasteiger partial charge in [-0.2, -0.15) is 0 Å². The number of pyridine rings is 1. The molecule has 0 spiro atoms. The van der Waals surface area contributed by atoms with Crippen LogP contribution in [0.2, 0.25) is 0 Å². The molecule has 0 radical (unpaired) electrons. The van der Waals surface area contributed by atoms with Gasteiger partial charge in [0.25, 0.3) is 0 Å². The number of hydrogen-bond donors (Lipinski definition) is 1. The van der Waals surface area contributed by atoms with Gasteiger partial charge in [0.2, 0.25) is 0 Å². The molecule has 3 aromatic rings. The summed E-state index contributed by atoms with van der Waals surface area (Å²) in [6.45, 7) is 2.02. The summed E-state index contributed by atoms with van der Waals surface area (Å²) in [6.07, 6.45) is 1.83. The minimum Gasteiger partial charge on any atom is -0.508 e. The molecule has 0 aliphatic heterocycles. The van der Waals surface area contributed by atoms with Gasteiger partial charge >= 0.3 is 0 Å². The average Bonchev–Trinajstić information content (AvgIpc) is 2.39. The first-order valence-corrected chi connectivity index (χ1v) is 5.89. The Hall–Kier alpha value is -2.35. The molecule has 2 heteroatoms. The van der Waals surface area contributed by atoms with Crippen molar-refractivity contribution in [2.24, 2.45) is 0 Å². The van der Waals surface area contributed by atoms with Crippen molar-refractivity contribution >= 4 is 10.8 Å². The first-order chi connectivity index (χ1) is 8.74. The normalized spacial score (nSPS) is 10.7. The molecule has 2 aromatic carbocycles. The molecule has 3 rings (SSSR count). The monoisotopic (exact) mass is 235 g/mol. The maximum absolute atomic E-state index is 9.30. The van der Waals surface area contributed by atoms with Crippen molar-refractivity contribution in [2.75, 3.05) is 0 Å². The summed E-state index contributed by atoms with van der Waals surface area (Å²) in [5.41, 5.74) is 3.29. The summed E-state index contributed by atoms with van der Waals surface area (Å²) in [7, 11) is 0. The zero-order valence-corrected chi connectivity index (χ0v) is 10.1. The Labute approximate surface area is 106 Å². The van der Waals surface area contributed by atoms with Gasteiger partial charge in [0.15, 0.2) is 0 Å². The fourth-order valence-corrected chi connectivity index (χ4v) is 2.16. The lowest BCUT2D eigenvalue weighted by molar-refractivity contribution is 0.475. The Morgan fingerprint density at radius 2 is 1.61 bits per heavy atom. The molecule has 1 heterocycles.